The molecule has 0 saturated carbocycles. The zero-order valence-corrected chi connectivity index (χ0v) is 9.58. The lowest BCUT2D eigenvalue weighted by Gasteiger charge is -2.06. The number of nitriles is 2. The summed E-state index contributed by atoms with van der Waals surface area (Å²) in [5.41, 5.74) is 11.1. The van der Waals surface area contributed by atoms with E-state index in [1.54, 1.807) is 6.07 Å². The number of nitrogens with zero attached hydrogens (tertiary/aromatic N) is 4. The van der Waals surface area contributed by atoms with Crippen LogP contribution in [-0.2, 0) is 0 Å². The molecule has 1 rings (SSSR count). The zero-order valence-electron chi connectivity index (χ0n) is 9.58. The van der Waals surface area contributed by atoms with E-state index in [-0.39, 0.29) is 22.8 Å². The molecule has 1 aromatic carbocycles. The summed E-state index contributed by atoms with van der Waals surface area (Å²) in [6, 6.07) is 6.97. The molecule has 0 fully saturated rings. The largest absolute Gasteiger partial charge is 0.494 e. The van der Waals surface area contributed by atoms with Gasteiger partial charge in [0.1, 0.15) is 17.7 Å². The molecule has 0 radical (unpaired) electrons. The van der Waals surface area contributed by atoms with Crippen LogP contribution in [0.25, 0.3) is 0 Å². The Kier molecular flexibility index (Phi) is 4.24. The first kappa shape index (κ1) is 13.0. The van der Waals surface area contributed by atoms with E-state index in [2.05, 4.69) is 10.2 Å². The van der Waals surface area contributed by atoms with Crippen LogP contribution < -0.4 is 16.2 Å². The van der Waals surface area contributed by atoms with Gasteiger partial charge >= 0.3 is 0 Å². The highest BCUT2D eigenvalue weighted by atomic mass is 16.5. The van der Waals surface area contributed by atoms with Crippen molar-refractivity contribution in [2.24, 2.45) is 21.7 Å². The molecule has 7 heteroatoms. The van der Waals surface area contributed by atoms with Crippen LogP contribution in [-0.4, -0.2) is 19.3 Å². The Labute approximate surface area is 104 Å². The first-order chi connectivity index (χ1) is 8.63. The zero-order chi connectivity index (χ0) is 13.5. The van der Waals surface area contributed by atoms with Gasteiger partial charge in [0.15, 0.2) is 5.75 Å². The highest BCUT2D eigenvalue weighted by molar-refractivity contribution is 5.86. The summed E-state index contributed by atoms with van der Waals surface area (Å²) < 4.78 is 5.03. The molecule has 0 aliphatic rings. The van der Waals surface area contributed by atoms with Gasteiger partial charge in [-0.2, -0.15) is 15.6 Å². The van der Waals surface area contributed by atoms with Crippen molar-refractivity contribution < 1.29 is 4.74 Å². The maximum atomic E-state index is 9.07. The number of ether oxygens (including phenoxy) is 1. The first-order valence-corrected chi connectivity index (χ1v) is 4.77. The number of rotatable bonds is 3. The number of hydrogen-bond acceptors (Lipinski definition) is 5. The van der Waals surface area contributed by atoms with Crippen molar-refractivity contribution >= 4 is 12.2 Å². The van der Waals surface area contributed by atoms with E-state index in [0.717, 1.165) is 0 Å². The minimum absolute atomic E-state index is 0.189. The molecule has 7 nitrogen and oxygen atoms in total. The van der Waals surface area contributed by atoms with Crippen molar-refractivity contribution in [1.29, 1.82) is 10.5 Å². The molecular weight excluding hydrogens is 232 g/mol. The second kappa shape index (κ2) is 5.87. The van der Waals surface area contributed by atoms with Crippen LogP contribution >= 0.6 is 0 Å². The lowest BCUT2D eigenvalue weighted by molar-refractivity contribution is 0.412. The Morgan fingerprint density at radius 2 is 2.06 bits per heavy atom. The standard InChI is InChI=1S/C11H10N6O/c1-18-10-7(4-12)2-3-8(9(10)5-13)6-16-17-11(14)15/h2-3,6H,1H3,(H4,14,15,17). The van der Waals surface area contributed by atoms with Gasteiger partial charge in [0.25, 0.3) is 0 Å². The van der Waals surface area contributed by atoms with Crippen molar-refractivity contribution in [3.05, 3.63) is 28.8 Å². The van der Waals surface area contributed by atoms with Crippen molar-refractivity contribution in [3.63, 3.8) is 0 Å². The number of guanidine groups is 1. The molecule has 0 atom stereocenters. The van der Waals surface area contributed by atoms with Crippen LogP contribution in [0.15, 0.2) is 22.3 Å². The Morgan fingerprint density at radius 1 is 1.33 bits per heavy atom. The molecule has 0 aromatic heterocycles. The predicted octanol–water partition coefficient (Wildman–Crippen LogP) is 0.0459. The first-order valence-electron chi connectivity index (χ1n) is 4.77. The van der Waals surface area contributed by atoms with Crippen molar-refractivity contribution in [3.8, 4) is 17.9 Å². The smallest absolute Gasteiger partial charge is 0.211 e. The summed E-state index contributed by atoms with van der Waals surface area (Å²) in [7, 11) is 1.38. The van der Waals surface area contributed by atoms with Crippen LogP contribution in [0.5, 0.6) is 5.75 Å². The molecule has 90 valence electrons. The van der Waals surface area contributed by atoms with Gasteiger partial charge in [0.2, 0.25) is 5.96 Å². The fraction of sp³-hybridized carbons (Fsp3) is 0.0909. The summed E-state index contributed by atoms with van der Waals surface area (Å²) >= 11 is 0. The Bertz CT molecular complexity index is 587. The number of benzene rings is 1. The SMILES string of the molecule is COc1c(C#N)ccc(C=NN=C(N)N)c1C#N. The van der Waals surface area contributed by atoms with E-state index in [0.29, 0.717) is 5.56 Å². The molecule has 0 aliphatic carbocycles. The molecule has 0 heterocycles. The van der Waals surface area contributed by atoms with E-state index in [1.807, 2.05) is 12.1 Å². The fourth-order valence-electron chi connectivity index (χ4n) is 1.28. The third-order valence-corrected chi connectivity index (χ3v) is 2.00. The van der Waals surface area contributed by atoms with Gasteiger partial charge in [-0.3, -0.25) is 0 Å². The van der Waals surface area contributed by atoms with Crippen molar-refractivity contribution in [2.75, 3.05) is 7.11 Å². The average Bonchev–Trinajstić information content (AvgIpc) is 2.37. The predicted molar refractivity (Wildman–Crippen MR) is 65.8 cm³/mol. The summed E-state index contributed by atoms with van der Waals surface area (Å²) in [6.07, 6.45) is 1.31. The molecule has 0 saturated heterocycles. The molecule has 18 heavy (non-hydrogen) atoms. The minimum atomic E-state index is -0.189. The average molecular weight is 242 g/mol. The Hall–Kier alpha value is -3.06. The van der Waals surface area contributed by atoms with Crippen LogP contribution in [0, 0.1) is 22.7 Å². The molecule has 1 aromatic rings. The van der Waals surface area contributed by atoms with Crippen LogP contribution in [0.3, 0.4) is 0 Å². The second-order valence-corrected chi connectivity index (χ2v) is 3.10. The summed E-state index contributed by atoms with van der Waals surface area (Å²) in [5.74, 6) is 0.0130. The number of hydrogen-bond donors (Lipinski definition) is 2. The van der Waals surface area contributed by atoms with Gasteiger partial charge in [-0.1, -0.05) is 6.07 Å². The molecular formula is C11H10N6O. The summed E-state index contributed by atoms with van der Waals surface area (Å²) in [5, 5.41) is 25.0. The van der Waals surface area contributed by atoms with Crippen LogP contribution in [0.1, 0.15) is 16.7 Å². The monoisotopic (exact) mass is 242 g/mol. The lowest BCUT2D eigenvalue weighted by Crippen LogP contribution is -2.21. The summed E-state index contributed by atoms with van der Waals surface area (Å²) in [6.45, 7) is 0. The van der Waals surface area contributed by atoms with Gasteiger partial charge < -0.3 is 16.2 Å². The van der Waals surface area contributed by atoms with Crippen LogP contribution in [0.4, 0.5) is 0 Å². The van der Waals surface area contributed by atoms with Crippen molar-refractivity contribution in [1.82, 2.24) is 0 Å². The normalized spacial score (nSPS) is 9.50. The number of methoxy groups -OCH3 is 1. The van der Waals surface area contributed by atoms with Gasteiger partial charge in [0.05, 0.1) is 18.9 Å². The van der Waals surface area contributed by atoms with Gasteiger partial charge in [-0.05, 0) is 6.07 Å². The third-order valence-electron chi connectivity index (χ3n) is 2.00. The second-order valence-electron chi connectivity index (χ2n) is 3.10. The van der Waals surface area contributed by atoms with Gasteiger partial charge in [-0.15, -0.1) is 5.10 Å². The highest BCUT2D eigenvalue weighted by Crippen LogP contribution is 2.25. The van der Waals surface area contributed by atoms with E-state index in [4.69, 9.17) is 26.7 Å². The summed E-state index contributed by atoms with van der Waals surface area (Å²) in [4.78, 5) is 0. The third kappa shape index (κ3) is 2.74. The van der Waals surface area contributed by atoms with E-state index in [1.165, 1.54) is 19.4 Å². The lowest BCUT2D eigenvalue weighted by atomic mass is 10.0. The van der Waals surface area contributed by atoms with E-state index >= 15 is 0 Å². The topological polar surface area (TPSA) is 134 Å². The number of nitrogens with two attached hydrogens (primary N) is 2. The maximum Gasteiger partial charge on any atom is 0.211 e. The molecule has 0 unspecified atom stereocenters. The quantitative estimate of drug-likeness (QED) is 0.438. The maximum absolute atomic E-state index is 9.07. The molecule has 0 amide bonds. The molecule has 0 spiro atoms. The molecule has 4 N–H and O–H groups in total. The fourth-order valence-corrected chi connectivity index (χ4v) is 1.28. The van der Waals surface area contributed by atoms with Gasteiger partial charge in [-0.25, -0.2) is 0 Å². The molecule has 0 aliphatic heterocycles. The molecule has 0 bridgehead atoms. The van der Waals surface area contributed by atoms with Crippen LogP contribution in [0.2, 0.25) is 0 Å². The van der Waals surface area contributed by atoms with E-state index in [9.17, 15) is 0 Å². The van der Waals surface area contributed by atoms with E-state index < -0.39 is 0 Å². The van der Waals surface area contributed by atoms with Gasteiger partial charge in [0, 0.05) is 5.56 Å². The van der Waals surface area contributed by atoms with Crippen molar-refractivity contribution in [2.45, 2.75) is 0 Å². The Morgan fingerprint density at radius 3 is 2.56 bits per heavy atom. The highest BCUT2D eigenvalue weighted by Gasteiger charge is 2.12. The Balaban J connectivity index is 3.32. The minimum Gasteiger partial charge on any atom is -0.494 e.